The van der Waals surface area contributed by atoms with Gasteiger partial charge < -0.3 is 19.7 Å². The fourth-order valence-corrected chi connectivity index (χ4v) is 6.81. The lowest BCUT2D eigenvalue weighted by Crippen LogP contribution is -2.45. The van der Waals surface area contributed by atoms with E-state index in [4.69, 9.17) is 9.47 Å². The van der Waals surface area contributed by atoms with Crippen LogP contribution in [0.5, 0.6) is 11.5 Å². The lowest BCUT2D eigenvalue weighted by molar-refractivity contribution is -0.168. The molecule has 0 amide bonds. The third-order valence-electron chi connectivity index (χ3n) is 8.86. The van der Waals surface area contributed by atoms with E-state index in [1.165, 1.54) is 64.7 Å². The van der Waals surface area contributed by atoms with Gasteiger partial charge in [-0.25, -0.2) is 0 Å². The summed E-state index contributed by atoms with van der Waals surface area (Å²) < 4.78 is 12.0. The van der Waals surface area contributed by atoms with Crippen molar-refractivity contribution < 1.29 is 24.5 Å². The molecule has 196 valence electrons. The molecule has 2 N–H and O–H groups in total. The first-order valence-corrected chi connectivity index (χ1v) is 14.3. The van der Waals surface area contributed by atoms with E-state index >= 15 is 0 Å². The molecular weight excluding hydrogens is 440 g/mol. The zero-order valence-electron chi connectivity index (χ0n) is 21.7. The topological polar surface area (TPSA) is 76.0 Å². The Labute approximate surface area is 211 Å². The van der Waals surface area contributed by atoms with Crippen LogP contribution in [0, 0.1) is 11.8 Å². The summed E-state index contributed by atoms with van der Waals surface area (Å²) in [6, 6.07) is 5.56. The van der Waals surface area contributed by atoms with Gasteiger partial charge in [-0.1, -0.05) is 51.0 Å². The lowest BCUT2D eigenvalue weighted by atomic mass is 9.72. The minimum Gasteiger partial charge on any atom is -0.504 e. The molecule has 0 heterocycles. The van der Waals surface area contributed by atoms with Crippen molar-refractivity contribution in [2.24, 2.45) is 11.8 Å². The number of aromatic hydroxyl groups is 1. The van der Waals surface area contributed by atoms with Gasteiger partial charge in [0.05, 0.1) is 12.2 Å². The van der Waals surface area contributed by atoms with Gasteiger partial charge in [0.25, 0.3) is 0 Å². The zero-order chi connectivity index (χ0) is 24.7. The number of hydrogen-bond acceptors (Lipinski definition) is 5. The monoisotopic (exact) mass is 486 g/mol. The highest BCUT2D eigenvalue weighted by Gasteiger charge is 2.42. The van der Waals surface area contributed by atoms with E-state index < -0.39 is 11.7 Å². The molecule has 0 saturated heterocycles. The minimum atomic E-state index is -0.616. The van der Waals surface area contributed by atoms with Gasteiger partial charge in [0, 0.05) is 13.3 Å². The summed E-state index contributed by atoms with van der Waals surface area (Å²) in [7, 11) is 0. The molecule has 35 heavy (non-hydrogen) atoms. The van der Waals surface area contributed by atoms with E-state index in [2.05, 4.69) is 0 Å². The third-order valence-corrected chi connectivity index (χ3v) is 8.86. The number of hydrogen-bond donors (Lipinski definition) is 2. The highest BCUT2D eigenvalue weighted by Crippen LogP contribution is 2.41. The normalized spacial score (nSPS) is 28.2. The maximum Gasteiger partial charge on any atom is 0.303 e. The van der Waals surface area contributed by atoms with Gasteiger partial charge in [-0.05, 0) is 87.3 Å². The maximum atomic E-state index is 12.0. The Kier molecular flexibility index (Phi) is 9.38. The first kappa shape index (κ1) is 26.3. The number of rotatable bonds is 10. The van der Waals surface area contributed by atoms with Crippen molar-refractivity contribution in [3.8, 4) is 11.5 Å². The summed E-state index contributed by atoms with van der Waals surface area (Å²) in [4.78, 5) is 12.0. The molecule has 3 saturated carbocycles. The second kappa shape index (κ2) is 12.5. The number of ether oxygens (including phenoxy) is 2. The largest absolute Gasteiger partial charge is 0.504 e. The molecule has 4 rings (SSSR count). The number of phenolic OH excluding ortho intramolecular Hbond substituents is 1. The van der Waals surface area contributed by atoms with Crippen LogP contribution in [-0.2, 0) is 16.0 Å². The quantitative estimate of drug-likeness (QED) is 0.353. The molecule has 1 aromatic carbocycles. The maximum absolute atomic E-state index is 12.0. The zero-order valence-corrected chi connectivity index (χ0v) is 21.7. The Morgan fingerprint density at radius 1 is 1.03 bits per heavy atom. The average molecular weight is 487 g/mol. The van der Waals surface area contributed by atoms with Crippen LogP contribution in [0.2, 0.25) is 0 Å². The number of phenols is 1. The third kappa shape index (κ3) is 7.62. The first-order valence-electron chi connectivity index (χ1n) is 14.3. The van der Waals surface area contributed by atoms with Gasteiger partial charge in [0.15, 0.2) is 11.5 Å². The summed E-state index contributed by atoms with van der Waals surface area (Å²) >= 11 is 0. The molecule has 0 aliphatic heterocycles. The van der Waals surface area contributed by atoms with Crippen molar-refractivity contribution in [3.63, 3.8) is 0 Å². The van der Waals surface area contributed by atoms with Crippen molar-refractivity contribution in [1.82, 2.24) is 0 Å². The highest BCUT2D eigenvalue weighted by atomic mass is 16.6. The molecule has 0 aromatic heterocycles. The van der Waals surface area contributed by atoms with Gasteiger partial charge in [-0.3, -0.25) is 4.79 Å². The van der Waals surface area contributed by atoms with E-state index in [0.717, 1.165) is 43.6 Å². The van der Waals surface area contributed by atoms with E-state index in [1.807, 2.05) is 12.1 Å². The summed E-state index contributed by atoms with van der Waals surface area (Å²) in [6.07, 6.45) is 18.3. The van der Waals surface area contributed by atoms with Crippen LogP contribution in [0.4, 0.5) is 0 Å². The van der Waals surface area contributed by atoms with Crippen molar-refractivity contribution in [2.75, 3.05) is 0 Å². The van der Waals surface area contributed by atoms with Crippen molar-refractivity contribution in [3.05, 3.63) is 23.8 Å². The van der Waals surface area contributed by atoms with E-state index in [9.17, 15) is 15.0 Å². The number of aliphatic hydroxyl groups excluding tert-OH is 1. The second-order valence-electron chi connectivity index (χ2n) is 11.6. The number of aryl methyl sites for hydroxylation is 1. The number of carbonyl (C=O) groups excluding carboxylic acids is 1. The van der Waals surface area contributed by atoms with Crippen LogP contribution in [0.15, 0.2) is 18.2 Å². The Morgan fingerprint density at radius 3 is 2.49 bits per heavy atom. The average Bonchev–Trinajstić information content (AvgIpc) is 3.35. The SMILES string of the molecule is CC(=O)OC1(CCc2ccc(O)c(OC3CCCC3)c2)CCC(CCCC2CCCCC2)C(O)C1. The minimum absolute atomic E-state index is 0.180. The molecule has 0 radical (unpaired) electrons. The Morgan fingerprint density at radius 2 is 1.77 bits per heavy atom. The molecule has 0 bridgehead atoms. The fourth-order valence-electron chi connectivity index (χ4n) is 6.81. The van der Waals surface area contributed by atoms with Crippen LogP contribution in [0.25, 0.3) is 0 Å². The standard InChI is InChI=1S/C30H46O5/c1-22(31)35-30(18-16-24-14-15-27(32)29(20-24)34-26-12-5-6-13-26)19-17-25(28(33)21-30)11-7-10-23-8-3-2-4-9-23/h14-15,20,23,25-26,28,32-33H,2-13,16-19,21H2,1H3. The molecule has 3 unspecified atom stereocenters. The number of carbonyl (C=O) groups is 1. The first-order chi connectivity index (χ1) is 16.9. The van der Waals surface area contributed by atoms with Gasteiger partial charge >= 0.3 is 5.97 Å². The molecule has 0 spiro atoms. The Balaban J connectivity index is 1.31. The second-order valence-corrected chi connectivity index (χ2v) is 11.6. The smallest absolute Gasteiger partial charge is 0.303 e. The summed E-state index contributed by atoms with van der Waals surface area (Å²) in [5, 5.41) is 21.3. The predicted octanol–water partition coefficient (Wildman–Crippen LogP) is 6.86. The van der Waals surface area contributed by atoms with E-state index in [0.29, 0.717) is 30.9 Å². The van der Waals surface area contributed by atoms with Crippen LogP contribution >= 0.6 is 0 Å². The predicted molar refractivity (Wildman–Crippen MR) is 138 cm³/mol. The van der Waals surface area contributed by atoms with E-state index in [1.54, 1.807) is 6.07 Å². The summed E-state index contributed by atoms with van der Waals surface area (Å²) in [5.74, 6) is 1.65. The molecule has 5 heteroatoms. The number of aliphatic hydroxyl groups is 1. The van der Waals surface area contributed by atoms with Crippen molar-refractivity contribution in [1.29, 1.82) is 0 Å². The van der Waals surface area contributed by atoms with Crippen molar-refractivity contribution in [2.45, 2.75) is 134 Å². The van der Waals surface area contributed by atoms with Gasteiger partial charge in [-0.15, -0.1) is 0 Å². The molecule has 1 aromatic rings. The molecular formula is C30H46O5. The van der Waals surface area contributed by atoms with Crippen LogP contribution in [-0.4, -0.2) is 34.0 Å². The molecule has 3 aliphatic carbocycles. The molecule has 3 fully saturated rings. The molecule has 3 atom stereocenters. The molecule has 3 aliphatic rings. The lowest BCUT2D eigenvalue weighted by Gasteiger charge is -2.42. The van der Waals surface area contributed by atoms with E-state index in [-0.39, 0.29) is 17.8 Å². The Hall–Kier alpha value is -1.75. The van der Waals surface area contributed by atoms with Crippen LogP contribution in [0.1, 0.15) is 115 Å². The fraction of sp³-hybridized carbons (Fsp3) is 0.767. The molecule has 5 nitrogen and oxygen atoms in total. The highest BCUT2D eigenvalue weighted by molar-refractivity contribution is 5.66. The van der Waals surface area contributed by atoms with Crippen LogP contribution in [0.3, 0.4) is 0 Å². The van der Waals surface area contributed by atoms with Gasteiger partial charge in [0.1, 0.15) is 5.60 Å². The van der Waals surface area contributed by atoms with Crippen molar-refractivity contribution >= 4 is 5.97 Å². The number of benzene rings is 1. The van der Waals surface area contributed by atoms with Gasteiger partial charge in [0.2, 0.25) is 0 Å². The summed E-state index contributed by atoms with van der Waals surface area (Å²) in [5.41, 5.74) is 0.446. The van der Waals surface area contributed by atoms with Gasteiger partial charge in [-0.2, -0.15) is 0 Å². The Bertz CT molecular complexity index is 811. The summed E-state index contributed by atoms with van der Waals surface area (Å²) in [6.45, 7) is 1.47. The number of esters is 1. The van der Waals surface area contributed by atoms with Crippen LogP contribution < -0.4 is 4.74 Å².